The van der Waals surface area contributed by atoms with Crippen LogP contribution in [0.2, 0.25) is 0 Å². The van der Waals surface area contributed by atoms with Crippen LogP contribution in [0, 0.1) is 5.92 Å². The van der Waals surface area contributed by atoms with E-state index in [1.54, 1.807) is 18.5 Å². The van der Waals surface area contributed by atoms with E-state index >= 15 is 0 Å². The van der Waals surface area contributed by atoms with Crippen molar-refractivity contribution in [3.8, 4) is 0 Å². The van der Waals surface area contributed by atoms with Crippen molar-refractivity contribution >= 4 is 40.4 Å². The maximum Gasteiger partial charge on any atom is 0.275 e. The summed E-state index contributed by atoms with van der Waals surface area (Å²) in [6.45, 7) is 1.86. The second-order valence-electron chi connectivity index (χ2n) is 8.24. The molecule has 8 nitrogen and oxygen atoms in total. The molecule has 3 N–H and O–H groups in total. The number of benzene rings is 1. The lowest BCUT2D eigenvalue weighted by Crippen LogP contribution is -2.35. The van der Waals surface area contributed by atoms with E-state index in [1.807, 2.05) is 36.4 Å². The number of aromatic nitrogens is 2. The van der Waals surface area contributed by atoms with E-state index in [2.05, 4.69) is 37.5 Å². The molecule has 2 amide bonds. The first-order valence-corrected chi connectivity index (χ1v) is 10.7. The summed E-state index contributed by atoms with van der Waals surface area (Å²) in [5.41, 5.74) is 3.28. The number of amides is 2. The number of anilines is 1. The molecule has 0 unspecified atom stereocenters. The lowest BCUT2D eigenvalue weighted by molar-refractivity contribution is -0.121. The lowest BCUT2D eigenvalue weighted by atomic mass is 9.96. The average molecular weight is 428 g/mol. The van der Waals surface area contributed by atoms with Crippen LogP contribution in [0.3, 0.4) is 0 Å². The van der Waals surface area contributed by atoms with Gasteiger partial charge in [-0.1, -0.05) is 30.3 Å². The van der Waals surface area contributed by atoms with Gasteiger partial charge in [-0.05, 0) is 45.1 Å². The standard InChI is InChI=1S/C24H24N6O2/c1-30-9-7-16(8-10-30)23(31)27-18-12-19-17(13-25-22(19)26-14-18)11-20-24(32)29-21(28-20)15-5-3-2-4-6-15/h2-6,11-14,16H,7-10H2,1H3,(H,25,26)(H,27,31)(H,28,29,32)/b20-11+. The second kappa shape index (κ2) is 8.39. The van der Waals surface area contributed by atoms with Gasteiger partial charge < -0.3 is 20.5 Å². The van der Waals surface area contributed by atoms with Crippen LogP contribution in [0.4, 0.5) is 5.69 Å². The van der Waals surface area contributed by atoms with E-state index in [9.17, 15) is 9.59 Å². The van der Waals surface area contributed by atoms with Gasteiger partial charge in [0.25, 0.3) is 5.91 Å². The summed E-state index contributed by atoms with van der Waals surface area (Å²) in [7, 11) is 2.07. The average Bonchev–Trinajstić information content (AvgIpc) is 3.38. The summed E-state index contributed by atoms with van der Waals surface area (Å²) in [4.78, 5) is 39.4. The first-order valence-electron chi connectivity index (χ1n) is 10.7. The predicted molar refractivity (Wildman–Crippen MR) is 124 cm³/mol. The van der Waals surface area contributed by atoms with Gasteiger partial charge >= 0.3 is 0 Å². The number of likely N-dealkylation sites (tertiary alicyclic amines) is 1. The third-order valence-electron chi connectivity index (χ3n) is 5.96. The first-order chi connectivity index (χ1) is 15.6. The minimum absolute atomic E-state index is 0.0163. The Bertz CT molecular complexity index is 1240. The zero-order chi connectivity index (χ0) is 22.1. The van der Waals surface area contributed by atoms with E-state index in [4.69, 9.17) is 0 Å². The monoisotopic (exact) mass is 428 g/mol. The molecule has 32 heavy (non-hydrogen) atoms. The number of pyridine rings is 1. The Morgan fingerprint density at radius 1 is 1.22 bits per heavy atom. The Hall–Kier alpha value is -3.78. The van der Waals surface area contributed by atoms with Gasteiger partial charge in [0.15, 0.2) is 0 Å². The van der Waals surface area contributed by atoms with Crippen LogP contribution < -0.4 is 10.6 Å². The molecule has 3 aromatic rings. The number of carbonyl (C=O) groups excluding carboxylic acids is 2. The van der Waals surface area contributed by atoms with E-state index in [0.717, 1.165) is 42.4 Å². The molecule has 4 heterocycles. The third-order valence-corrected chi connectivity index (χ3v) is 5.96. The van der Waals surface area contributed by atoms with Crippen molar-refractivity contribution in [2.24, 2.45) is 10.9 Å². The summed E-state index contributed by atoms with van der Waals surface area (Å²) >= 11 is 0. The molecule has 0 radical (unpaired) electrons. The Labute approximate surface area is 185 Å². The highest BCUT2D eigenvalue weighted by Crippen LogP contribution is 2.25. The smallest absolute Gasteiger partial charge is 0.275 e. The van der Waals surface area contributed by atoms with Gasteiger partial charge in [-0.15, -0.1) is 0 Å². The number of nitrogens with zero attached hydrogens (tertiary/aromatic N) is 3. The number of hydrogen-bond donors (Lipinski definition) is 3. The van der Waals surface area contributed by atoms with E-state index < -0.39 is 0 Å². The molecule has 2 aliphatic rings. The summed E-state index contributed by atoms with van der Waals surface area (Å²) in [6, 6.07) is 11.4. The number of hydrogen-bond acceptors (Lipinski definition) is 5. The molecule has 2 aromatic heterocycles. The van der Waals surface area contributed by atoms with Gasteiger partial charge in [0.2, 0.25) is 5.91 Å². The van der Waals surface area contributed by atoms with Crippen LogP contribution in [-0.4, -0.2) is 52.7 Å². The highest BCUT2D eigenvalue weighted by atomic mass is 16.2. The van der Waals surface area contributed by atoms with Gasteiger partial charge in [0.05, 0.1) is 11.9 Å². The van der Waals surface area contributed by atoms with Gasteiger partial charge in [0.1, 0.15) is 17.2 Å². The molecule has 0 bridgehead atoms. The number of fused-ring (bicyclic) bond motifs is 1. The normalized spacial score (nSPS) is 18.7. The van der Waals surface area contributed by atoms with E-state index in [0.29, 0.717) is 22.9 Å². The molecule has 0 saturated carbocycles. The number of piperidine rings is 1. The van der Waals surface area contributed by atoms with Crippen molar-refractivity contribution in [2.75, 3.05) is 25.5 Å². The number of amidine groups is 1. The number of carbonyl (C=O) groups is 2. The van der Waals surface area contributed by atoms with E-state index in [1.165, 1.54) is 0 Å². The van der Waals surface area contributed by atoms with Crippen LogP contribution in [-0.2, 0) is 9.59 Å². The fourth-order valence-corrected chi connectivity index (χ4v) is 4.08. The Morgan fingerprint density at radius 2 is 2.00 bits per heavy atom. The summed E-state index contributed by atoms with van der Waals surface area (Å²) in [6.07, 6.45) is 6.88. The summed E-state index contributed by atoms with van der Waals surface area (Å²) in [5.74, 6) is 0.327. The van der Waals surface area contributed by atoms with Crippen molar-refractivity contribution < 1.29 is 9.59 Å². The molecule has 8 heteroatoms. The largest absolute Gasteiger partial charge is 0.346 e. The molecule has 2 aliphatic heterocycles. The van der Waals surface area contributed by atoms with Crippen LogP contribution in [0.25, 0.3) is 17.1 Å². The van der Waals surface area contributed by atoms with Crippen molar-refractivity contribution in [3.63, 3.8) is 0 Å². The molecule has 1 fully saturated rings. The number of aliphatic imine (C=N–C) groups is 1. The van der Waals surface area contributed by atoms with Gasteiger partial charge in [-0.3, -0.25) is 9.59 Å². The van der Waals surface area contributed by atoms with Gasteiger partial charge in [0, 0.05) is 28.6 Å². The fraction of sp³-hybridized carbons (Fsp3) is 0.250. The molecule has 0 aliphatic carbocycles. The van der Waals surface area contributed by atoms with Crippen LogP contribution >= 0.6 is 0 Å². The second-order valence-corrected chi connectivity index (χ2v) is 8.24. The molecule has 0 atom stereocenters. The minimum Gasteiger partial charge on any atom is -0.346 e. The molecule has 1 aromatic carbocycles. The maximum absolute atomic E-state index is 12.7. The Morgan fingerprint density at radius 3 is 2.78 bits per heavy atom. The third kappa shape index (κ3) is 4.04. The van der Waals surface area contributed by atoms with Gasteiger partial charge in [-0.25, -0.2) is 9.98 Å². The van der Waals surface area contributed by atoms with Crippen molar-refractivity contribution in [1.29, 1.82) is 0 Å². The van der Waals surface area contributed by atoms with E-state index in [-0.39, 0.29) is 17.7 Å². The lowest BCUT2D eigenvalue weighted by Gasteiger charge is -2.28. The Balaban J connectivity index is 1.39. The highest BCUT2D eigenvalue weighted by molar-refractivity contribution is 6.20. The predicted octanol–water partition coefficient (Wildman–Crippen LogP) is 2.76. The SMILES string of the molecule is CN1CCC(C(=O)Nc2cnc3[nH]cc(/C=C4/N=C(c5ccccc5)NC4=O)c3c2)CC1. The number of nitrogens with one attached hydrogen (secondary N) is 3. The van der Waals surface area contributed by atoms with Crippen molar-refractivity contribution in [1.82, 2.24) is 20.2 Å². The molecule has 162 valence electrons. The van der Waals surface area contributed by atoms with Crippen LogP contribution in [0.15, 0.2) is 59.5 Å². The van der Waals surface area contributed by atoms with Crippen LogP contribution in [0.5, 0.6) is 0 Å². The summed E-state index contributed by atoms with van der Waals surface area (Å²) < 4.78 is 0. The highest BCUT2D eigenvalue weighted by Gasteiger charge is 2.24. The zero-order valence-corrected chi connectivity index (χ0v) is 17.8. The quantitative estimate of drug-likeness (QED) is 0.556. The summed E-state index contributed by atoms with van der Waals surface area (Å²) in [5, 5.41) is 6.63. The molecular weight excluding hydrogens is 404 g/mol. The Kier molecular flexibility index (Phi) is 5.28. The molecular formula is C24H24N6O2. The number of H-pyrrole nitrogens is 1. The maximum atomic E-state index is 12.7. The fourth-order valence-electron chi connectivity index (χ4n) is 4.08. The molecule has 5 rings (SSSR count). The first kappa shape index (κ1) is 20.1. The van der Waals surface area contributed by atoms with Crippen molar-refractivity contribution in [3.05, 3.63) is 65.6 Å². The number of aromatic amines is 1. The molecule has 0 spiro atoms. The minimum atomic E-state index is -0.252. The molecule has 1 saturated heterocycles. The zero-order valence-electron chi connectivity index (χ0n) is 17.8. The van der Waals surface area contributed by atoms with Crippen molar-refractivity contribution in [2.45, 2.75) is 12.8 Å². The number of rotatable bonds is 4. The topological polar surface area (TPSA) is 102 Å². The van der Waals surface area contributed by atoms with Gasteiger partial charge in [-0.2, -0.15) is 0 Å². The van der Waals surface area contributed by atoms with Crippen LogP contribution in [0.1, 0.15) is 24.0 Å².